The van der Waals surface area contributed by atoms with Gasteiger partial charge in [-0.25, -0.2) is 0 Å². The van der Waals surface area contributed by atoms with Gasteiger partial charge in [-0.1, -0.05) is 23.1 Å². The highest BCUT2D eigenvalue weighted by Gasteiger charge is 1.99. The van der Waals surface area contributed by atoms with Crippen molar-refractivity contribution in [3.63, 3.8) is 0 Å². The van der Waals surface area contributed by atoms with Crippen molar-refractivity contribution < 1.29 is 4.79 Å². The summed E-state index contributed by atoms with van der Waals surface area (Å²) >= 11 is 2.05. The Kier molecular flexibility index (Phi) is 2.72. The van der Waals surface area contributed by atoms with E-state index in [1.54, 1.807) is 5.38 Å². The first-order chi connectivity index (χ1) is 5.18. The van der Waals surface area contributed by atoms with E-state index in [-0.39, 0.29) is 4.87 Å². The average molecular weight is 190 g/mol. The third kappa shape index (κ3) is 2.77. The molecule has 0 saturated carbocycles. The van der Waals surface area contributed by atoms with Crippen LogP contribution in [0, 0.1) is 0 Å². The lowest BCUT2D eigenvalue weighted by Gasteiger charge is -1.90. The molecule has 0 aliphatic rings. The molecule has 0 aliphatic heterocycles. The van der Waals surface area contributed by atoms with E-state index in [0.717, 1.165) is 28.8 Å². The van der Waals surface area contributed by atoms with Crippen molar-refractivity contribution in [1.82, 2.24) is 4.98 Å². The summed E-state index contributed by atoms with van der Waals surface area (Å²) in [6, 6.07) is 0. The van der Waals surface area contributed by atoms with Crippen molar-refractivity contribution in [2.75, 3.05) is 0 Å². The Morgan fingerprint density at radius 2 is 2.55 bits per heavy atom. The van der Waals surface area contributed by atoms with Gasteiger partial charge >= 0.3 is 4.87 Å². The first-order valence-corrected chi connectivity index (χ1v) is 4.64. The molecule has 6 heteroatoms. The van der Waals surface area contributed by atoms with E-state index in [1.165, 1.54) is 0 Å². The smallest absolute Gasteiger partial charge is 0.304 e. The summed E-state index contributed by atoms with van der Waals surface area (Å²) in [7, 11) is 0. The summed E-state index contributed by atoms with van der Waals surface area (Å²) in [5, 5.41) is 1.25. The van der Waals surface area contributed by atoms with Crippen LogP contribution in [0.2, 0.25) is 0 Å². The highest BCUT2D eigenvalue weighted by Crippen LogP contribution is 2.08. The van der Waals surface area contributed by atoms with Gasteiger partial charge in [0, 0.05) is 16.8 Å². The standard InChI is InChI=1S/C5H6N2O2S2/c6-4(8)10-1-3-2-11-5(9)7-3/h2H,1H2,(H2,6,8)(H,7,9). The maximum absolute atomic E-state index is 10.6. The van der Waals surface area contributed by atoms with E-state index < -0.39 is 5.24 Å². The quantitative estimate of drug-likeness (QED) is 0.722. The van der Waals surface area contributed by atoms with Crippen LogP contribution < -0.4 is 10.6 Å². The number of nitrogens with one attached hydrogen (secondary N) is 1. The normalized spacial score (nSPS) is 9.82. The molecule has 60 valence electrons. The second-order valence-electron chi connectivity index (χ2n) is 1.78. The number of aromatic amines is 1. The van der Waals surface area contributed by atoms with Gasteiger partial charge in [-0.15, -0.1) is 0 Å². The summed E-state index contributed by atoms with van der Waals surface area (Å²) in [6.07, 6.45) is 0. The van der Waals surface area contributed by atoms with E-state index in [0.29, 0.717) is 5.75 Å². The molecule has 3 N–H and O–H groups in total. The van der Waals surface area contributed by atoms with Crippen LogP contribution in [-0.2, 0) is 5.75 Å². The largest absolute Gasteiger partial charge is 0.361 e. The summed E-state index contributed by atoms with van der Waals surface area (Å²) in [5.74, 6) is 0.439. The number of primary amides is 1. The molecule has 0 spiro atoms. The fraction of sp³-hybridized carbons (Fsp3) is 0.200. The van der Waals surface area contributed by atoms with Crippen molar-refractivity contribution in [2.24, 2.45) is 5.73 Å². The van der Waals surface area contributed by atoms with Crippen molar-refractivity contribution in [3.05, 3.63) is 20.7 Å². The average Bonchev–Trinajstić information content (AvgIpc) is 2.31. The van der Waals surface area contributed by atoms with Gasteiger partial charge in [0.05, 0.1) is 0 Å². The van der Waals surface area contributed by atoms with E-state index in [4.69, 9.17) is 5.73 Å². The Labute approximate surface area is 70.8 Å². The number of carbonyl (C=O) groups excluding carboxylic acids is 1. The third-order valence-corrected chi connectivity index (χ3v) is 2.40. The molecular weight excluding hydrogens is 184 g/mol. The predicted molar refractivity (Wildman–Crippen MR) is 45.8 cm³/mol. The Morgan fingerprint density at radius 1 is 1.82 bits per heavy atom. The zero-order valence-corrected chi connectivity index (χ0v) is 7.13. The minimum absolute atomic E-state index is 0.106. The minimum Gasteiger partial charge on any atom is -0.361 e. The van der Waals surface area contributed by atoms with Crippen molar-refractivity contribution >= 4 is 28.3 Å². The number of aromatic nitrogens is 1. The second-order valence-corrected chi connectivity index (χ2v) is 3.60. The van der Waals surface area contributed by atoms with Crippen LogP contribution in [0.5, 0.6) is 0 Å². The highest BCUT2D eigenvalue weighted by atomic mass is 32.2. The molecule has 0 saturated heterocycles. The van der Waals surface area contributed by atoms with Crippen molar-refractivity contribution in [2.45, 2.75) is 5.75 Å². The molecule has 11 heavy (non-hydrogen) atoms. The van der Waals surface area contributed by atoms with Crippen LogP contribution in [-0.4, -0.2) is 10.2 Å². The Balaban J connectivity index is 2.51. The van der Waals surface area contributed by atoms with Gasteiger partial charge in [0.25, 0.3) is 5.24 Å². The topological polar surface area (TPSA) is 76.0 Å². The van der Waals surface area contributed by atoms with Crippen molar-refractivity contribution in [3.8, 4) is 0 Å². The summed E-state index contributed by atoms with van der Waals surface area (Å²) in [5.41, 5.74) is 5.62. The van der Waals surface area contributed by atoms with Crippen LogP contribution in [0.3, 0.4) is 0 Å². The monoisotopic (exact) mass is 190 g/mol. The van der Waals surface area contributed by atoms with E-state index in [9.17, 15) is 9.59 Å². The van der Waals surface area contributed by atoms with Crippen molar-refractivity contribution in [1.29, 1.82) is 0 Å². The van der Waals surface area contributed by atoms with Crippen LogP contribution in [0.25, 0.3) is 0 Å². The molecule has 0 unspecified atom stereocenters. The summed E-state index contributed by atoms with van der Waals surface area (Å²) < 4.78 is 0. The maximum Gasteiger partial charge on any atom is 0.304 e. The van der Waals surface area contributed by atoms with Gasteiger partial charge in [0.1, 0.15) is 0 Å². The number of carbonyl (C=O) groups is 1. The molecule has 0 radical (unpaired) electrons. The number of thioether (sulfide) groups is 1. The first kappa shape index (κ1) is 8.35. The zero-order chi connectivity index (χ0) is 8.27. The minimum atomic E-state index is -0.433. The lowest BCUT2D eigenvalue weighted by atomic mass is 10.6. The summed E-state index contributed by atoms with van der Waals surface area (Å²) in [4.78, 5) is 23.3. The molecule has 1 heterocycles. The fourth-order valence-corrected chi connectivity index (χ4v) is 1.67. The zero-order valence-electron chi connectivity index (χ0n) is 5.49. The molecule has 4 nitrogen and oxygen atoms in total. The molecule has 1 amide bonds. The second kappa shape index (κ2) is 3.59. The number of hydrogen-bond acceptors (Lipinski definition) is 4. The Morgan fingerprint density at radius 3 is 3.00 bits per heavy atom. The third-order valence-electron chi connectivity index (χ3n) is 0.941. The molecule has 1 aromatic rings. The van der Waals surface area contributed by atoms with Crippen LogP contribution in [0.4, 0.5) is 4.79 Å². The van der Waals surface area contributed by atoms with Gasteiger partial charge in [0.15, 0.2) is 0 Å². The Bertz CT molecular complexity index is 303. The van der Waals surface area contributed by atoms with E-state index in [2.05, 4.69) is 4.98 Å². The van der Waals surface area contributed by atoms with Crippen LogP contribution >= 0.6 is 23.1 Å². The number of rotatable bonds is 2. The summed E-state index contributed by atoms with van der Waals surface area (Å²) in [6.45, 7) is 0. The molecule has 1 aromatic heterocycles. The number of hydrogen-bond donors (Lipinski definition) is 2. The number of amides is 1. The van der Waals surface area contributed by atoms with Gasteiger partial charge < -0.3 is 10.7 Å². The number of nitrogens with two attached hydrogens (primary N) is 1. The fourth-order valence-electron chi connectivity index (χ4n) is 0.534. The SMILES string of the molecule is NC(=O)SCc1csc(=O)[nH]1. The van der Waals surface area contributed by atoms with Crippen LogP contribution in [0.1, 0.15) is 5.69 Å². The molecule has 0 aliphatic carbocycles. The molecule has 0 atom stereocenters. The predicted octanol–water partition coefficient (Wildman–Crippen LogP) is 0.748. The van der Waals surface area contributed by atoms with E-state index >= 15 is 0 Å². The van der Waals surface area contributed by atoms with Crippen LogP contribution in [0.15, 0.2) is 10.2 Å². The Hall–Kier alpha value is -0.750. The lowest BCUT2D eigenvalue weighted by Crippen LogP contribution is -2.03. The molecule has 0 fully saturated rings. The molecular formula is C5H6N2O2S2. The molecule has 1 rings (SSSR count). The van der Waals surface area contributed by atoms with Gasteiger partial charge in [-0.2, -0.15) is 0 Å². The number of H-pyrrole nitrogens is 1. The lowest BCUT2D eigenvalue weighted by molar-refractivity contribution is 0.267. The van der Waals surface area contributed by atoms with Gasteiger partial charge in [-0.3, -0.25) is 9.59 Å². The molecule has 0 bridgehead atoms. The highest BCUT2D eigenvalue weighted by molar-refractivity contribution is 8.12. The van der Waals surface area contributed by atoms with Gasteiger partial charge in [0.2, 0.25) is 0 Å². The number of thiazole rings is 1. The first-order valence-electron chi connectivity index (χ1n) is 2.77. The maximum atomic E-state index is 10.6. The van der Waals surface area contributed by atoms with Gasteiger partial charge in [-0.05, 0) is 0 Å². The van der Waals surface area contributed by atoms with E-state index in [1.807, 2.05) is 0 Å². The molecule has 0 aromatic carbocycles.